The summed E-state index contributed by atoms with van der Waals surface area (Å²) in [6.07, 6.45) is -3.87. The van der Waals surface area contributed by atoms with Crippen molar-refractivity contribution < 1.29 is 92.7 Å². The van der Waals surface area contributed by atoms with Crippen molar-refractivity contribution in [3.8, 4) is 5.75 Å². The van der Waals surface area contributed by atoms with E-state index in [1.54, 1.807) is 41.5 Å². The number of carbonyl (C=O) groups excluding carboxylic acids is 11. The second-order valence-corrected chi connectivity index (χ2v) is 22.9. The minimum atomic E-state index is -1.82. The van der Waals surface area contributed by atoms with Gasteiger partial charge in [-0.2, -0.15) is 0 Å². The normalized spacial score (nSPS) is 14.9. The number of unbranched alkanes of at least 4 members (excludes halogenated alkanes) is 2. The molecular formula is C57H94N14O19. The van der Waals surface area contributed by atoms with Crippen LogP contribution in [0.25, 0.3) is 0 Å². The average molecular weight is 1280 g/mol. The van der Waals surface area contributed by atoms with Crippen LogP contribution in [0.3, 0.4) is 0 Å². The Morgan fingerprint density at radius 2 is 0.856 bits per heavy atom. The van der Waals surface area contributed by atoms with Crippen LogP contribution in [0.2, 0.25) is 0 Å². The zero-order chi connectivity index (χ0) is 68.5. The van der Waals surface area contributed by atoms with E-state index in [0.717, 1.165) is 6.92 Å². The molecule has 0 aromatic heterocycles. The van der Waals surface area contributed by atoms with Crippen molar-refractivity contribution >= 4 is 82.9 Å². The molecule has 33 nitrogen and oxygen atoms in total. The number of hydrogen-bond donors (Lipinski definition) is 19. The Labute approximate surface area is 521 Å². The lowest BCUT2D eigenvalue weighted by molar-refractivity contribution is -0.145. The molecule has 0 spiro atoms. The Hall–Kier alpha value is -8.56. The molecule has 506 valence electrons. The molecule has 90 heavy (non-hydrogen) atoms. The molecule has 0 unspecified atom stereocenters. The van der Waals surface area contributed by atoms with Crippen LogP contribution in [0, 0.1) is 17.8 Å². The van der Waals surface area contributed by atoms with E-state index in [1.807, 2.05) is 0 Å². The van der Waals surface area contributed by atoms with Crippen molar-refractivity contribution in [3.63, 3.8) is 0 Å². The molecule has 0 fully saturated rings. The summed E-state index contributed by atoms with van der Waals surface area (Å²) < 4.78 is 0. The van der Waals surface area contributed by atoms with Gasteiger partial charge in [0.25, 0.3) is 0 Å². The fraction of sp³-hybridized carbons (Fsp3) is 0.649. The van der Waals surface area contributed by atoms with Gasteiger partial charge in [0.15, 0.2) is 6.04 Å². The van der Waals surface area contributed by atoms with E-state index >= 15 is 0 Å². The molecule has 0 saturated heterocycles. The molecule has 0 bridgehead atoms. The van der Waals surface area contributed by atoms with Crippen LogP contribution in [0.15, 0.2) is 24.3 Å². The molecule has 0 aliphatic heterocycles. The fourth-order valence-corrected chi connectivity index (χ4v) is 8.80. The molecule has 23 N–H and O–H groups in total. The predicted molar refractivity (Wildman–Crippen MR) is 322 cm³/mol. The number of nitrogens with two attached hydrogens (primary N) is 4. The molecular weight excluding hydrogens is 1180 g/mol. The average Bonchev–Trinajstić information content (AvgIpc) is 1.35. The van der Waals surface area contributed by atoms with Crippen LogP contribution in [-0.4, -0.2) is 195 Å². The van der Waals surface area contributed by atoms with Gasteiger partial charge in [0, 0.05) is 19.3 Å². The largest absolute Gasteiger partial charge is 0.508 e. The number of nitrogens with one attached hydrogen (secondary N) is 10. The number of aliphatic carboxylic acids is 3. The van der Waals surface area contributed by atoms with Gasteiger partial charge in [-0.1, -0.05) is 53.7 Å². The molecule has 11 amide bonds. The topological polar surface area (TPSA) is 565 Å². The number of benzene rings is 1. The number of aliphatic hydroxyl groups is 1. The third-order valence-corrected chi connectivity index (χ3v) is 13.8. The van der Waals surface area contributed by atoms with E-state index < -0.39 is 200 Å². The lowest BCUT2D eigenvalue weighted by Gasteiger charge is -2.29. The number of aromatic hydroxyl groups is 1. The van der Waals surface area contributed by atoms with Gasteiger partial charge < -0.3 is 102 Å². The van der Waals surface area contributed by atoms with Crippen LogP contribution in [0.5, 0.6) is 5.75 Å². The number of carbonyl (C=O) groups is 14. The standard InChI is InChI=1S/C57H94N14O19/c1-28(2)24-34(60)48(80)64-37(18-20-43(76)77)51(83)67-38(19-21-44(78)79)52(84)66-36(13-9-11-23-59)50(82)65-35(12-8-10-22-58)49(81)62-27-42(75)63-40(26-41(61)74)53(85)68-39(25-32-14-16-33(73)17-15-32)54(86)69-45(29(3)4)55(87)70-46(30(5)6)56(88)71-47(31(7)72)57(89)90/h14-17,28-31,34-40,45-47,72-73H,8-13,18-27,58-60H2,1-7H3,(H2,61,74)(H,62,81)(H,63,75)(H,64,80)(H,65,82)(H,66,84)(H,67,83)(H,68,85)(H,69,86)(H,70,87)(H,71,88)(H,76,77)(H,78,79)(H,89,90)/t31-,34+,35+,36+,37+,38+,39+,40+,45+,46+,47+/m1/s1. The fourth-order valence-electron chi connectivity index (χ4n) is 8.80. The molecule has 1 aromatic rings. The summed E-state index contributed by atoms with van der Waals surface area (Å²) in [5.74, 6) is -16.9. The monoisotopic (exact) mass is 1280 g/mol. The Morgan fingerprint density at radius 1 is 0.467 bits per heavy atom. The van der Waals surface area contributed by atoms with Crippen LogP contribution in [0.1, 0.15) is 131 Å². The zero-order valence-corrected chi connectivity index (χ0v) is 52.0. The smallest absolute Gasteiger partial charge is 0.328 e. The summed E-state index contributed by atoms with van der Waals surface area (Å²) in [7, 11) is 0. The quantitative estimate of drug-likeness (QED) is 0.0274. The number of carboxylic acid groups (broad SMARTS) is 3. The Morgan fingerprint density at radius 3 is 1.26 bits per heavy atom. The van der Waals surface area contributed by atoms with Gasteiger partial charge in [-0.05, 0) is 113 Å². The molecule has 0 saturated carbocycles. The van der Waals surface area contributed by atoms with Crippen molar-refractivity contribution in [3.05, 3.63) is 29.8 Å². The SMILES string of the molecule is CC(C)C[C@H](N)C(=O)N[C@@H](CCC(=O)O)C(=O)N[C@@H](CCC(=O)O)C(=O)N[C@@H](CCCCN)C(=O)N[C@@H](CCCCN)C(=O)NCC(=O)N[C@@H](CC(N)=O)C(=O)N[C@@H](Cc1ccc(O)cc1)C(=O)N[C@H](C(=O)N[C@H](C(=O)N[C@H](C(=O)O)[C@@H](C)O)C(C)C)C(C)C. The van der Waals surface area contributed by atoms with E-state index in [1.165, 1.54) is 24.3 Å². The third kappa shape index (κ3) is 30.6. The number of rotatable bonds is 44. The maximum atomic E-state index is 14.2. The van der Waals surface area contributed by atoms with Gasteiger partial charge in [0.1, 0.15) is 54.1 Å². The summed E-state index contributed by atoms with van der Waals surface area (Å²) in [5.41, 5.74) is 23.2. The van der Waals surface area contributed by atoms with Gasteiger partial charge >= 0.3 is 17.9 Å². The molecule has 0 radical (unpaired) electrons. The third-order valence-electron chi connectivity index (χ3n) is 13.8. The van der Waals surface area contributed by atoms with E-state index in [0.29, 0.717) is 18.4 Å². The van der Waals surface area contributed by atoms with Crippen LogP contribution >= 0.6 is 0 Å². The molecule has 1 aromatic carbocycles. The molecule has 0 aliphatic carbocycles. The highest BCUT2D eigenvalue weighted by atomic mass is 16.4. The van der Waals surface area contributed by atoms with E-state index in [-0.39, 0.29) is 63.3 Å². The van der Waals surface area contributed by atoms with Gasteiger partial charge in [0.05, 0.1) is 25.1 Å². The summed E-state index contributed by atoms with van der Waals surface area (Å²) >= 11 is 0. The molecule has 11 atom stereocenters. The Kier molecular flexibility index (Phi) is 36.1. The lowest BCUT2D eigenvalue weighted by Crippen LogP contribution is -2.61. The van der Waals surface area contributed by atoms with E-state index in [9.17, 15) is 92.7 Å². The maximum Gasteiger partial charge on any atom is 0.328 e. The highest BCUT2D eigenvalue weighted by molar-refractivity contribution is 5.99. The molecule has 33 heteroatoms. The highest BCUT2D eigenvalue weighted by Crippen LogP contribution is 2.15. The summed E-state index contributed by atoms with van der Waals surface area (Å²) in [5, 5.41) is 72.4. The van der Waals surface area contributed by atoms with E-state index in [4.69, 9.17) is 22.9 Å². The van der Waals surface area contributed by atoms with Crippen molar-refractivity contribution in [2.45, 2.75) is 198 Å². The van der Waals surface area contributed by atoms with Gasteiger partial charge in [-0.3, -0.25) is 62.3 Å². The highest BCUT2D eigenvalue weighted by Gasteiger charge is 2.37. The number of aliphatic hydroxyl groups excluding tert-OH is 1. The number of hydrogen-bond acceptors (Lipinski definition) is 19. The second-order valence-electron chi connectivity index (χ2n) is 22.9. The van der Waals surface area contributed by atoms with Gasteiger partial charge in [0.2, 0.25) is 65.0 Å². The molecule has 0 heterocycles. The summed E-state index contributed by atoms with van der Waals surface area (Å²) in [6, 6.07) is -9.80. The molecule has 0 aliphatic rings. The molecule has 1 rings (SSSR count). The van der Waals surface area contributed by atoms with Gasteiger partial charge in [-0.15, -0.1) is 0 Å². The first-order valence-corrected chi connectivity index (χ1v) is 29.7. The maximum absolute atomic E-state index is 14.2. The Balaban J connectivity index is 3.52. The van der Waals surface area contributed by atoms with Crippen molar-refractivity contribution in [2.24, 2.45) is 40.7 Å². The van der Waals surface area contributed by atoms with Gasteiger partial charge in [-0.25, -0.2) is 4.79 Å². The zero-order valence-electron chi connectivity index (χ0n) is 52.0. The van der Waals surface area contributed by atoms with Crippen LogP contribution < -0.4 is 76.1 Å². The first-order chi connectivity index (χ1) is 42.1. The summed E-state index contributed by atoms with van der Waals surface area (Å²) in [4.78, 5) is 185. The minimum absolute atomic E-state index is 0.0386. The minimum Gasteiger partial charge on any atom is -0.508 e. The van der Waals surface area contributed by atoms with E-state index in [2.05, 4.69) is 53.2 Å². The number of carboxylic acids is 3. The van der Waals surface area contributed by atoms with Crippen LogP contribution in [-0.2, 0) is 73.5 Å². The number of phenols is 1. The van der Waals surface area contributed by atoms with Crippen molar-refractivity contribution in [1.82, 2.24) is 53.2 Å². The lowest BCUT2D eigenvalue weighted by atomic mass is 9.98. The first-order valence-electron chi connectivity index (χ1n) is 29.7. The predicted octanol–water partition coefficient (Wildman–Crippen LogP) is -4.57. The van der Waals surface area contributed by atoms with Crippen molar-refractivity contribution in [2.75, 3.05) is 19.6 Å². The number of primary amides is 1. The van der Waals surface area contributed by atoms with Crippen molar-refractivity contribution in [1.29, 1.82) is 0 Å². The number of amides is 11. The Bertz CT molecular complexity index is 2610. The number of phenolic OH excluding ortho intramolecular Hbond substituents is 1. The first kappa shape index (κ1) is 79.5. The summed E-state index contributed by atoms with van der Waals surface area (Å²) in [6.45, 7) is 10.3. The van der Waals surface area contributed by atoms with Crippen LogP contribution in [0.4, 0.5) is 0 Å². The second kappa shape index (κ2) is 40.9.